The van der Waals surface area contributed by atoms with Gasteiger partial charge in [0.25, 0.3) is 0 Å². The van der Waals surface area contributed by atoms with Crippen LogP contribution >= 0.6 is 11.8 Å². The van der Waals surface area contributed by atoms with Crippen LogP contribution in [-0.4, -0.2) is 7.28 Å². The first-order valence-corrected chi connectivity index (χ1v) is 16.2. The highest BCUT2D eigenvalue weighted by molar-refractivity contribution is 7.99. The molecule has 3 aliphatic heterocycles. The van der Waals surface area contributed by atoms with Crippen molar-refractivity contribution in [1.29, 1.82) is 0 Å². The van der Waals surface area contributed by atoms with Crippen molar-refractivity contribution in [1.82, 2.24) is 0 Å². The van der Waals surface area contributed by atoms with Gasteiger partial charge in [-0.15, -0.1) is 0 Å². The third-order valence-electron chi connectivity index (χ3n) is 8.88. The molecule has 6 heteroatoms. The Labute approximate surface area is 271 Å². The number of para-hydroxylation sites is 5. The minimum atomic E-state index is 0.846. The highest BCUT2D eigenvalue weighted by Crippen LogP contribution is 2.54. The van der Waals surface area contributed by atoms with E-state index in [-0.39, 0.29) is 0 Å². The van der Waals surface area contributed by atoms with E-state index in [0.717, 1.165) is 83.3 Å². The fraction of sp³-hybridized carbons (Fsp3) is 0. The summed E-state index contributed by atoms with van der Waals surface area (Å²) in [5, 5.41) is 6.13. The second kappa shape index (κ2) is 9.96. The molecular weight excluding hydrogens is 583 g/mol. The summed E-state index contributed by atoms with van der Waals surface area (Å²) in [6, 6.07) is 48.7. The summed E-state index contributed by atoms with van der Waals surface area (Å²) in [5.41, 5.74) is 9.77. The van der Waals surface area contributed by atoms with Crippen molar-refractivity contribution in [3.63, 3.8) is 0 Å². The van der Waals surface area contributed by atoms with E-state index in [0.29, 0.717) is 0 Å². The maximum atomic E-state index is 6.59. The van der Waals surface area contributed by atoms with Gasteiger partial charge in [-0.1, -0.05) is 96.1 Å². The Balaban J connectivity index is 1.27. The van der Waals surface area contributed by atoms with Crippen molar-refractivity contribution in [2.45, 2.75) is 9.79 Å². The smallest absolute Gasteiger partial charge is 0.198 e. The van der Waals surface area contributed by atoms with E-state index in [1.54, 1.807) is 11.8 Å². The number of nitrogens with one attached hydrogen (secondary N) is 1. The number of hydrogen-bond acceptors (Lipinski definition) is 5. The lowest BCUT2D eigenvalue weighted by Gasteiger charge is -2.39. The molecule has 0 aliphatic carbocycles. The summed E-state index contributed by atoms with van der Waals surface area (Å²) in [5.74, 6) is 3.44. The second-order valence-corrected chi connectivity index (χ2v) is 12.7. The molecule has 3 heterocycles. The molecule has 0 saturated heterocycles. The number of ether oxygens (including phenoxy) is 2. The normalized spacial score (nSPS) is 13.2. The first-order chi connectivity index (χ1) is 22.8. The summed E-state index contributed by atoms with van der Waals surface area (Å²) in [6.45, 7) is 0. The standard InChI is InChI=1S/C40H24BN2O2S/c1-2-12-25(13-3-1)42-29-23-37-35(45-33-18-8-9-20-36(33)46-37)22-27(29)38-26-14-5-4-11-24(26)21-31-39(38)41-28-15-10-19-34-40(28)43(31)30-16-6-7-17-32(30)44-34/h1-23,42H. The van der Waals surface area contributed by atoms with Crippen LogP contribution in [-0.2, 0) is 0 Å². The Hall–Kier alpha value is -5.59. The molecule has 0 saturated carbocycles. The molecule has 0 spiro atoms. The van der Waals surface area contributed by atoms with Gasteiger partial charge in [-0.05, 0) is 82.5 Å². The summed E-state index contributed by atoms with van der Waals surface area (Å²) >= 11 is 1.74. The zero-order valence-corrected chi connectivity index (χ0v) is 25.3. The monoisotopic (exact) mass is 607 g/mol. The highest BCUT2D eigenvalue weighted by Gasteiger charge is 2.35. The van der Waals surface area contributed by atoms with Crippen LogP contribution in [0.5, 0.6) is 23.0 Å². The van der Waals surface area contributed by atoms with Gasteiger partial charge in [0.05, 0.1) is 21.2 Å². The van der Waals surface area contributed by atoms with Gasteiger partial charge in [0, 0.05) is 22.6 Å². The van der Waals surface area contributed by atoms with Gasteiger partial charge in [-0.3, -0.25) is 0 Å². The van der Waals surface area contributed by atoms with Crippen molar-refractivity contribution in [3.05, 3.63) is 140 Å². The van der Waals surface area contributed by atoms with E-state index < -0.39 is 0 Å². The molecule has 1 radical (unpaired) electrons. The number of hydrogen-bond donors (Lipinski definition) is 1. The topological polar surface area (TPSA) is 33.7 Å². The first kappa shape index (κ1) is 25.7. The fourth-order valence-electron chi connectivity index (χ4n) is 6.88. The molecule has 0 bridgehead atoms. The van der Waals surface area contributed by atoms with Gasteiger partial charge in [-0.2, -0.15) is 0 Å². The van der Waals surface area contributed by atoms with E-state index in [9.17, 15) is 0 Å². The molecule has 10 rings (SSSR count). The van der Waals surface area contributed by atoms with Crippen LogP contribution in [0.25, 0.3) is 21.9 Å². The van der Waals surface area contributed by atoms with Crippen LogP contribution in [0.15, 0.2) is 149 Å². The molecule has 215 valence electrons. The van der Waals surface area contributed by atoms with E-state index in [4.69, 9.17) is 9.47 Å². The minimum absolute atomic E-state index is 0.846. The zero-order chi connectivity index (χ0) is 30.2. The number of rotatable bonds is 3. The molecule has 0 unspecified atom stereocenters. The lowest BCUT2D eigenvalue weighted by atomic mass is 9.57. The molecular formula is C40H24BN2O2S. The van der Waals surface area contributed by atoms with Crippen molar-refractivity contribution in [3.8, 4) is 34.1 Å². The quantitative estimate of drug-likeness (QED) is 0.202. The minimum Gasteiger partial charge on any atom is -0.455 e. The van der Waals surface area contributed by atoms with E-state index in [2.05, 4.69) is 127 Å². The second-order valence-electron chi connectivity index (χ2n) is 11.6. The summed E-state index contributed by atoms with van der Waals surface area (Å²) in [7, 11) is 2.32. The Morgan fingerprint density at radius 3 is 2.28 bits per heavy atom. The van der Waals surface area contributed by atoms with E-state index in [1.165, 1.54) is 10.8 Å². The average Bonchev–Trinajstić information content (AvgIpc) is 3.10. The molecule has 0 aromatic heterocycles. The van der Waals surface area contributed by atoms with Crippen LogP contribution in [0.4, 0.5) is 28.4 Å². The van der Waals surface area contributed by atoms with Crippen LogP contribution in [0.3, 0.4) is 0 Å². The molecule has 0 atom stereocenters. The lowest BCUT2D eigenvalue weighted by molar-refractivity contribution is 0.455. The maximum Gasteiger partial charge on any atom is 0.198 e. The molecule has 0 fully saturated rings. The molecule has 1 N–H and O–H groups in total. The number of fused-ring (bicyclic) bond motifs is 7. The fourth-order valence-corrected chi connectivity index (χ4v) is 7.85. The van der Waals surface area contributed by atoms with Crippen LogP contribution in [0.2, 0.25) is 0 Å². The Kier molecular flexibility index (Phi) is 5.57. The Morgan fingerprint density at radius 2 is 1.35 bits per heavy atom. The summed E-state index contributed by atoms with van der Waals surface area (Å²) in [4.78, 5) is 4.57. The SMILES string of the molecule is [B]1c2cccc3c2N(c2ccccc2O3)c2cc3ccccc3c(-c3cc4c(cc3Nc3ccccc3)Sc3ccccc3O4)c21. The van der Waals surface area contributed by atoms with Gasteiger partial charge in [-0.25, -0.2) is 0 Å². The van der Waals surface area contributed by atoms with Gasteiger partial charge in [0.1, 0.15) is 11.5 Å². The van der Waals surface area contributed by atoms with Gasteiger partial charge in [0.2, 0.25) is 0 Å². The number of benzene rings is 7. The lowest BCUT2D eigenvalue weighted by Crippen LogP contribution is -2.42. The Bertz CT molecular complexity index is 2380. The zero-order valence-electron chi connectivity index (χ0n) is 24.5. The largest absolute Gasteiger partial charge is 0.455 e. The predicted octanol–water partition coefficient (Wildman–Crippen LogP) is 10.1. The molecule has 4 nitrogen and oxygen atoms in total. The van der Waals surface area contributed by atoms with Crippen LogP contribution in [0, 0.1) is 0 Å². The van der Waals surface area contributed by atoms with Crippen molar-refractivity contribution in [2.24, 2.45) is 0 Å². The third kappa shape index (κ3) is 3.90. The Morgan fingerprint density at radius 1 is 0.587 bits per heavy atom. The summed E-state index contributed by atoms with van der Waals surface area (Å²) < 4.78 is 13.0. The average molecular weight is 608 g/mol. The van der Waals surface area contributed by atoms with Crippen molar-refractivity contribution in [2.75, 3.05) is 10.2 Å². The van der Waals surface area contributed by atoms with Crippen LogP contribution in [0.1, 0.15) is 0 Å². The first-order valence-electron chi connectivity index (χ1n) is 15.3. The highest BCUT2D eigenvalue weighted by atomic mass is 32.2. The predicted molar refractivity (Wildman–Crippen MR) is 190 cm³/mol. The molecule has 0 amide bonds. The third-order valence-corrected chi connectivity index (χ3v) is 9.98. The van der Waals surface area contributed by atoms with Gasteiger partial charge < -0.3 is 19.7 Å². The molecule has 3 aliphatic rings. The number of anilines is 5. The van der Waals surface area contributed by atoms with Crippen LogP contribution < -0.4 is 30.6 Å². The number of nitrogens with zero attached hydrogens (tertiary/aromatic N) is 1. The van der Waals surface area contributed by atoms with Crippen molar-refractivity contribution < 1.29 is 9.47 Å². The molecule has 46 heavy (non-hydrogen) atoms. The molecule has 7 aromatic rings. The summed E-state index contributed by atoms with van der Waals surface area (Å²) in [6.07, 6.45) is 0. The van der Waals surface area contributed by atoms with Gasteiger partial charge in [0.15, 0.2) is 18.8 Å². The maximum absolute atomic E-state index is 6.59. The van der Waals surface area contributed by atoms with Crippen molar-refractivity contribution >= 4 is 69.2 Å². The van der Waals surface area contributed by atoms with Gasteiger partial charge >= 0.3 is 0 Å². The van der Waals surface area contributed by atoms with E-state index in [1.807, 2.05) is 30.3 Å². The molecule has 7 aromatic carbocycles. The van der Waals surface area contributed by atoms with E-state index >= 15 is 0 Å².